The van der Waals surface area contributed by atoms with Crippen molar-refractivity contribution in [2.75, 3.05) is 46.5 Å². The SMILES string of the molecule is COc1cc(CN2CCCCO2)ccc1OCC(O)CN1CCCCCC1. The third-order valence-electron chi connectivity index (χ3n) is 5.26. The van der Waals surface area contributed by atoms with E-state index in [1.54, 1.807) is 7.11 Å². The summed E-state index contributed by atoms with van der Waals surface area (Å²) in [5, 5.41) is 12.4. The molecule has 1 N–H and O–H groups in total. The molecule has 0 amide bonds. The fourth-order valence-electron chi connectivity index (χ4n) is 3.76. The van der Waals surface area contributed by atoms with E-state index in [0.717, 1.165) is 44.8 Å². The van der Waals surface area contributed by atoms with Crippen molar-refractivity contribution in [2.45, 2.75) is 51.2 Å². The zero-order valence-corrected chi connectivity index (χ0v) is 16.6. The van der Waals surface area contributed by atoms with Crippen molar-refractivity contribution in [3.8, 4) is 11.5 Å². The predicted octanol–water partition coefficient (Wildman–Crippen LogP) is 2.84. The molecule has 3 rings (SSSR count). The molecule has 2 saturated heterocycles. The second-order valence-corrected chi connectivity index (χ2v) is 7.57. The van der Waals surface area contributed by atoms with E-state index in [1.165, 1.54) is 32.1 Å². The zero-order chi connectivity index (χ0) is 18.9. The molecule has 1 aromatic carbocycles. The van der Waals surface area contributed by atoms with Gasteiger partial charge in [0.25, 0.3) is 0 Å². The van der Waals surface area contributed by atoms with Gasteiger partial charge in [0.15, 0.2) is 11.5 Å². The van der Waals surface area contributed by atoms with Gasteiger partial charge >= 0.3 is 0 Å². The van der Waals surface area contributed by atoms with E-state index < -0.39 is 6.10 Å². The Hall–Kier alpha value is -1.34. The summed E-state index contributed by atoms with van der Waals surface area (Å²) < 4.78 is 11.4. The Morgan fingerprint density at radius 1 is 1.04 bits per heavy atom. The quantitative estimate of drug-likeness (QED) is 0.751. The summed E-state index contributed by atoms with van der Waals surface area (Å²) in [5.74, 6) is 1.38. The summed E-state index contributed by atoms with van der Waals surface area (Å²) in [6.45, 7) is 5.61. The highest BCUT2D eigenvalue weighted by atomic mass is 16.7. The average molecular weight is 379 g/mol. The smallest absolute Gasteiger partial charge is 0.161 e. The van der Waals surface area contributed by atoms with E-state index in [1.807, 2.05) is 23.3 Å². The predicted molar refractivity (Wildman–Crippen MR) is 105 cm³/mol. The lowest BCUT2D eigenvalue weighted by Gasteiger charge is -2.26. The van der Waals surface area contributed by atoms with Crippen LogP contribution in [0.2, 0.25) is 0 Å². The molecule has 0 saturated carbocycles. The molecule has 0 spiro atoms. The number of nitrogens with zero attached hydrogens (tertiary/aromatic N) is 2. The van der Waals surface area contributed by atoms with Crippen LogP contribution in [0, 0.1) is 0 Å². The monoisotopic (exact) mass is 378 g/mol. The van der Waals surface area contributed by atoms with Gasteiger partial charge in [-0.1, -0.05) is 18.9 Å². The second kappa shape index (κ2) is 10.9. The van der Waals surface area contributed by atoms with E-state index in [0.29, 0.717) is 18.0 Å². The van der Waals surface area contributed by atoms with Gasteiger partial charge < -0.3 is 19.5 Å². The minimum atomic E-state index is -0.491. The van der Waals surface area contributed by atoms with E-state index in [-0.39, 0.29) is 6.61 Å². The minimum Gasteiger partial charge on any atom is -0.493 e. The molecule has 0 bridgehead atoms. The number of rotatable bonds is 8. The molecule has 0 aliphatic carbocycles. The van der Waals surface area contributed by atoms with Crippen molar-refractivity contribution in [1.82, 2.24) is 9.96 Å². The highest BCUT2D eigenvalue weighted by Gasteiger charge is 2.16. The summed E-state index contributed by atoms with van der Waals surface area (Å²) in [6, 6.07) is 5.96. The van der Waals surface area contributed by atoms with Crippen LogP contribution in [0.3, 0.4) is 0 Å². The van der Waals surface area contributed by atoms with Gasteiger partial charge in [-0.25, -0.2) is 0 Å². The van der Waals surface area contributed by atoms with Gasteiger partial charge in [0, 0.05) is 19.6 Å². The van der Waals surface area contributed by atoms with Crippen molar-refractivity contribution < 1.29 is 19.4 Å². The molecule has 6 heteroatoms. The lowest BCUT2D eigenvalue weighted by Crippen LogP contribution is -2.36. The van der Waals surface area contributed by atoms with Gasteiger partial charge in [-0.05, 0) is 56.5 Å². The fraction of sp³-hybridized carbons (Fsp3) is 0.714. The van der Waals surface area contributed by atoms with Gasteiger partial charge in [0.2, 0.25) is 0 Å². The summed E-state index contributed by atoms with van der Waals surface area (Å²) >= 11 is 0. The Labute approximate surface area is 163 Å². The summed E-state index contributed by atoms with van der Waals surface area (Å²) in [4.78, 5) is 8.02. The molecule has 2 heterocycles. The van der Waals surface area contributed by atoms with Crippen molar-refractivity contribution >= 4 is 0 Å². The first-order valence-corrected chi connectivity index (χ1v) is 10.3. The van der Waals surface area contributed by atoms with Gasteiger partial charge in [0.05, 0.1) is 13.7 Å². The van der Waals surface area contributed by atoms with E-state index in [4.69, 9.17) is 14.3 Å². The Bertz CT molecular complexity index is 555. The van der Waals surface area contributed by atoms with E-state index in [2.05, 4.69) is 4.90 Å². The average Bonchev–Trinajstić information content (AvgIpc) is 2.96. The van der Waals surface area contributed by atoms with Crippen LogP contribution in [0.25, 0.3) is 0 Å². The summed E-state index contributed by atoms with van der Waals surface area (Å²) in [5.41, 5.74) is 1.13. The number of hydrogen-bond acceptors (Lipinski definition) is 6. The zero-order valence-electron chi connectivity index (χ0n) is 16.6. The number of hydroxylamine groups is 2. The lowest BCUT2D eigenvalue weighted by molar-refractivity contribution is -0.187. The minimum absolute atomic E-state index is 0.279. The van der Waals surface area contributed by atoms with Crippen molar-refractivity contribution in [1.29, 1.82) is 0 Å². The molecule has 6 nitrogen and oxygen atoms in total. The van der Waals surface area contributed by atoms with Crippen LogP contribution >= 0.6 is 0 Å². The van der Waals surface area contributed by atoms with Gasteiger partial charge in [-0.3, -0.25) is 4.84 Å². The third kappa shape index (κ3) is 6.64. The van der Waals surface area contributed by atoms with Crippen LogP contribution in [0.5, 0.6) is 11.5 Å². The lowest BCUT2D eigenvalue weighted by atomic mass is 10.2. The number of aliphatic hydroxyl groups excluding tert-OH is 1. The summed E-state index contributed by atoms with van der Waals surface area (Å²) in [6.07, 6.45) is 6.87. The van der Waals surface area contributed by atoms with Crippen LogP contribution in [-0.2, 0) is 11.4 Å². The van der Waals surface area contributed by atoms with Gasteiger partial charge in [-0.2, -0.15) is 5.06 Å². The third-order valence-corrected chi connectivity index (χ3v) is 5.26. The largest absolute Gasteiger partial charge is 0.493 e. The number of likely N-dealkylation sites (tertiary alicyclic amines) is 1. The second-order valence-electron chi connectivity index (χ2n) is 7.57. The van der Waals surface area contributed by atoms with Crippen molar-refractivity contribution in [2.24, 2.45) is 0 Å². The molecule has 1 unspecified atom stereocenters. The molecular formula is C21H34N2O4. The maximum atomic E-state index is 10.4. The Kier molecular flexibility index (Phi) is 8.20. The van der Waals surface area contributed by atoms with E-state index >= 15 is 0 Å². The molecule has 0 radical (unpaired) electrons. The fourth-order valence-corrected chi connectivity index (χ4v) is 3.76. The highest BCUT2D eigenvalue weighted by Crippen LogP contribution is 2.29. The van der Waals surface area contributed by atoms with Crippen LogP contribution in [0.4, 0.5) is 0 Å². The Morgan fingerprint density at radius 3 is 2.52 bits per heavy atom. The number of hydrogen-bond donors (Lipinski definition) is 1. The first kappa shape index (κ1) is 20.4. The molecular weight excluding hydrogens is 344 g/mol. The number of β-amino-alcohol motifs (C(OH)–C–C–N with tert-alkyl or cyclic N) is 1. The van der Waals surface area contributed by atoms with Crippen LogP contribution in [0.15, 0.2) is 18.2 Å². The topological polar surface area (TPSA) is 54.4 Å². The van der Waals surface area contributed by atoms with Gasteiger partial charge in [-0.15, -0.1) is 0 Å². The molecule has 0 aromatic heterocycles. The molecule has 1 aromatic rings. The first-order valence-electron chi connectivity index (χ1n) is 10.3. The number of methoxy groups -OCH3 is 1. The van der Waals surface area contributed by atoms with Crippen LogP contribution < -0.4 is 9.47 Å². The number of aliphatic hydroxyl groups is 1. The molecule has 2 aliphatic heterocycles. The maximum Gasteiger partial charge on any atom is 0.161 e. The molecule has 152 valence electrons. The summed E-state index contributed by atoms with van der Waals surface area (Å²) in [7, 11) is 1.65. The van der Waals surface area contributed by atoms with Crippen LogP contribution in [-0.4, -0.2) is 67.7 Å². The number of benzene rings is 1. The van der Waals surface area contributed by atoms with E-state index in [9.17, 15) is 5.11 Å². The van der Waals surface area contributed by atoms with Crippen LogP contribution in [0.1, 0.15) is 44.1 Å². The Morgan fingerprint density at radius 2 is 1.81 bits per heavy atom. The molecule has 2 aliphatic rings. The Balaban J connectivity index is 1.49. The van der Waals surface area contributed by atoms with Crippen molar-refractivity contribution in [3.63, 3.8) is 0 Å². The van der Waals surface area contributed by atoms with Gasteiger partial charge in [0.1, 0.15) is 12.7 Å². The normalized spacial score (nSPS) is 20.8. The molecule has 1 atom stereocenters. The highest BCUT2D eigenvalue weighted by molar-refractivity contribution is 5.43. The first-order chi connectivity index (χ1) is 13.2. The van der Waals surface area contributed by atoms with Crippen molar-refractivity contribution in [3.05, 3.63) is 23.8 Å². The standard InChI is InChI=1S/C21H34N2O4/c1-25-21-14-18(15-23-12-6-7-13-27-23)8-9-20(21)26-17-19(24)16-22-10-4-2-3-5-11-22/h8-9,14,19,24H,2-7,10-13,15-17H2,1H3. The maximum absolute atomic E-state index is 10.4. The molecule has 27 heavy (non-hydrogen) atoms. The molecule has 2 fully saturated rings. The number of ether oxygens (including phenoxy) is 2.